The van der Waals surface area contributed by atoms with Crippen LogP contribution < -0.4 is 5.56 Å². The monoisotopic (exact) mass is 203 g/mol. The zero-order valence-corrected chi connectivity index (χ0v) is 8.10. The van der Waals surface area contributed by atoms with E-state index in [1.54, 1.807) is 24.3 Å². The van der Waals surface area contributed by atoms with E-state index in [4.69, 9.17) is 5.11 Å². The molecule has 0 saturated heterocycles. The Balaban J connectivity index is 2.95. The minimum atomic E-state index is -1.10. The summed E-state index contributed by atoms with van der Waals surface area (Å²) in [5.41, 5.74) is -0.288. The Morgan fingerprint density at radius 1 is 1.33 bits per heavy atom. The Labute approximate surface area is 85.4 Å². The number of carbonyl (C=O) groups is 1. The molecule has 0 spiro atoms. The lowest BCUT2D eigenvalue weighted by atomic mass is 10.1. The van der Waals surface area contributed by atoms with Gasteiger partial charge in [-0.1, -0.05) is 18.2 Å². The Morgan fingerprint density at radius 3 is 2.67 bits per heavy atom. The molecule has 4 heteroatoms. The van der Waals surface area contributed by atoms with Crippen LogP contribution >= 0.6 is 0 Å². The summed E-state index contributed by atoms with van der Waals surface area (Å²) >= 11 is 0. The van der Waals surface area contributed by atoms with Crippen LogP contribution in [0.1, 0.15) is 10.5 Å². The maximum atomic E-state index is 11.8. The van der Waals surface area contributed by atoms with Crippen LogP contribution in [-0.2, 0) is 7.05 Å². The van der Waals surface area contributed by atoms with E-state index < -0.39 is 5.97 Å². The summed E-state index contributed by atoms with van der Waals surface area (Å²) in [5.74, 6) is -1.10. The molecular formula is C11H9NO3. The van der Waals surface area contributed by atoms with E-state index in [1.165, 1.54) is 13.1 Å². The number of aromatic carboxylic acids is 1. The van der Waals surface area contributed by atoms with Gasteiger partial charge >= 0.3 is 5.97 Å². The summed E-state index contributed by atoms with van der Waals surface area (Å²) in [7, 11) is 1.46. The molecule has 1 N–H and O–H groups in total. The number of rotatable bonds is 1. The average Bonchev–Trinajstić information content (AvgIpc) is 2.23. The number of hydrogen-bond donors (Lipinski definition) is 1. The van der Waals surface area contributed by atoms with Crippen molar-refractivity contribution in [2.24, 2.45) is 7.05 Å². The molecule has 0 radical (unpaired) electrons. The highest BCUT2D eigenvalue weighted by molar-refractivity contribution is 5.92. The summed E-state index contributed by atoms with van der Waals surface area (Å²) in [6.45, 7) is 0. The molecule has 4 nitrogen and oxygen atoms in total. The van der Waals surface area contributed by atoms with Crippen LogP contribution in [0.15, 0.2) is 35.1 Å². The van der Waals surface area contributed by atoms with Gasteiger partial charge in [0.1, 0.15) is 5.69 Å². The van der Waals surface area contributed by atoms with Gasteiger partial charge in [0.25, 0.3) is 5.56 Å². The van der Waals surface area contributed by atoms with Crippen molar-refractivity contribution in [3.63, 3.8) is 0 Å². The average molecular weight is 203 g/mol. The molecule has 0 aliphatic heterocycles. The number of aromatic nitrogens is 1. The first-order valence-corrected chi connectivity index (χ1v) is 4.43. The lowest BCUT2D eigenvalue weighted by Crippen LogP contribution is -2.22. The van der Waals surface area contributed by atoms with Gasteiger partial charge in [-0.2, -0.15) is 0 Å². The van der Waals surface area contributed by atoms with Crippen molar-refractivity contribution >= 4 is 16.7 Å². The molecule has 0 amide bonds. The predicted molar refractivity (Wildman–Crippen MR) is 56.1 cm³/mol. The molecule has 0 aliphatic rings. The largest absolute Gasteiger partial charge is 0.477 e. The molecule has 0 saturated carbocycles. The summed E-state index contributed by atoms with van der Waals surface area (Å²) < 4.78 is 1.14. The molecular weight excluding hydrogens is 194 g/mol. The van der Waals surface area contributed by atoms with Crippen LogP contribution in [-0.4, -0.2) is 15.6 Å². The van der Waals surface area contributed by atoms with Crippen LogP contribution in [0.25, 0.3) is 10.8 Å². The van der Waals surface area contributed by atoms with Crippen LogP contribution in [0.4, 0.5) is 0 Å². The first-order valence-electron chi connectivity index (χ1n) is 4.43. The molecule has 0 unspecified atom stereocenters. The number of pyridine rings is 1. The number of nitrogens with zero attached hydrogens (tertiary/aromatic N) is 1. The second-order valence-electron chi connectivity index (χ2n) is 3.29. The molecule has 0 fully saturated rings. The third kappa shape index (κ3) is 1.40. The van der Waals surface area contributed by atoms with Crippen LogP contribution in [0.2, 0.25) is 0 Å². The van der Waals surface area contributed by atoms with Crippen molar-refractivity contribution < 1.29 is 9.90 Å². The Morgan fingerprint density at radius 2 is 2.00 bits per heavy atom. The summed E-state index contributed by atoms with van der Waals surface area (Å²) in [4.78, 5) is 22.6. The summed E-state index contributed by atoms with van der Waals surface area (Å²) in [5, 5.41) is 10.1. The maximum absolute atomic E-state index is 11.8. The Bertz CT molecular complexity index is 598. The number of carboxylic acids is 1. The van der Waals surface area contributed by atoms with E-state index >= 15 is 0 Å². The minimum absolute atomic E-state index is 0.00120. The van der Waals surface area contributed by atoms with Crippen molar-refractivity contribution in [3.8, 4) is 0 Å². The molecule has 76 valence electrons. The molecule has 2 aromatic rings. The standard InChI is InChI=1S/C11H9NO3/c1-12-9(11(14)15)6-7-4-2-3-5-8(7)10(12)13/h2-6H,1H3,(H,14,15). The van der Waals surface area contributed by atoms with Crippen LogP contribution in [0, 0.1) is 0 Å². The molecule has 0 bridgehead atoms. The fourth-order valence-electron chi connectivity index (χ4n) is 1.56. The van der Waals surface area contributed by atoms with Crippen molar-refractivity contribution in [2.45, 2.75) is 0 Å². The zero-order chi connectivity index (χ0) is 11.0. The molecule has 2 rings (SSSR count). The fourth-order valence-corrected chi connectivity index (χ4v) is 1.56. The normalized spacial score (nSPS) is 10.5. The molecule has 0 aliphatic carbocycles. The first-order chi connectivity index (χ1) is 7.11. The SMILES string of the molecule is Cn1c(C(=O)O)cc2ccccc2c1=O. The third-order valence-electron chi connectivity index (χ3n) is 2.37. The van der Waals surface area contributed by atoms with Crippen LogP contribution in [0.5, 0.6) is 0 Å². The summed E-state index contributed by atoms with van der Waals surface area (Å²) in [6, 6.07) is 8.43. The fraction of sp³-hybridized carbons (Fsp3) is 0.0909. The second kappa shape index (κ2) is 3.24. The molecule has 1 aromatic heterocycles. The van der Waals surface area contributed by atoms with Gasteiger partial charge in [0, 0.05) is 12.4 Å². The lowest BCUT2D eigenvalue weighted by molar-refractivity contribution is 0.0685. The highest BCUT2D eigenvalue weighted by atomic mass is 16.4. The van der Waals surface area contributed by atoms with Gasteiger partial charge in [-0.05, 0) is 17.5 Å². The smallest absolute Gasteiger partial charge is 0.352 e. The van der Waals surface area contributed by atoms with E-state index in [0.29, 0.717) is 10.8 Å². The van der Waals surface area contributed by atoms with E-state index in [0.717, 1.165) is 4.57 Å². The van der Waals surface area contributed by atoms with Crippen molar-refractivity contribution in [1.82, 2.24) is 4.57 Å². The van der Waals surface area contributed by atoms with Gasteiger partial charge in [-0.25, -0.2) is 4.79 Å². The van der Waals surface area contributed by atoms with Gasteiger partial charge in [0.2, 0.25) is 0 Å². The second-order valence-corrected chi connectivity index (χ2v) is 3.29. The summed E-state index contributed by atoms with van der Waals surface area (Å²) in [6.07, 6.45) is 0. The van der Waals surface area contributed by atoms with E-state index in [9.17, 15) is 9.59 Å². The maximum Gasteiger partial charge on any atom is 0.352 e. The number of carboxylic acid groups (broad SMARTS) is 1. The predicted octanol–water partition coefficient (Wildman–Crippen LogP) is 1.24. The molecule has 0 atom stereocenters. The highest BCUT2D eigenvalue weighted by Gasteiger charge is 2.10. The Hall–Kier alpha value is -2.10. The van der Waals surface area contributed by atoms with E-state index in [-0.39, 0.29) is 11.3 Å². The topological polar surface area (TPSA) is 59.3 Å². The molecule has 15 heavy (non-hydrogen) atoms. The minimum Gasteiger partial charge on any atom is -0.477 e. The number of benzene rings is 1. The number of fused-ring (bicyclic) bond motifs is 1. The number of hydrogen-bond acceptors (Lipinski definition) is 2. The van der Waals surface area contributed by atoms with Crippen molar-refractivity contribution in [2.75, 3.05) is 0 Å². The highest BCUT2D eigenvalue weighted by Crippen LogP contribution is 2.11. The van der Waals surface area contributed by atoms with E-state index in [1.807, 2.05) is 0 Å². The van der Waals surface area contributed by atoms with Crippen LogP contribution in [0.3, 0.4) is 0 Å². The molecule has 1 heterocycles. The van der Waals surface area contributed by atoms with Crippen molar-refractivity contribution in [1.29, 1.82) is 0 Å². The van der Waals surface area contributed by atoms with E-state index in [2.05, 4.69) is 0 Å². The van der Waals surface area contributed by atoms with Crippen molar-refractivity contribution in [3.05, 3.63) is 46.4 Å². The lowest BCUT2D eigenvalue weighted by Gasteiger charge is -2.05. The zero-order valence-electron chi connectivity index (χ0n) is 8.10. The van der Waals surface area contributed by atoms with Gasteiger partial charge in [-0.3, -0.25) is 4.79 Å². The first kappa shape index (κ1) is 9.45. The van der Waals surface area contributed by atoms with Gasteiger partial charge in [0.05, 0.1) is 0 Å². The third-order valence-corrected chi connectivity index (χ3v) is 2.37. The quantitative estimate of drug-likeness (QED) is 0.758. The Kier molecular flexibility index (Phi) is 2.04. The van der Waals surface area contributed by atoms with Gasteiger partial charge in [-0.15, -0.1) is 0 Å². The van der Waals surface area contributed by atoms with Gasteiger partial charge < -0.3 is 9.67 Å². The molecule has 1 aromatic carbocycles. The van der Waals surface area contributed by atoms with Gasteiger partial charge in [0.15, 0.2) is 0 Å².